The summed E-state index contributed by atoms with van der Waals surface area (Å²) in [6.07, 6.45) is 0. The molecule has 0 atom stereocenters. The maximum atomic E-state index is 11.8. The average molecular weight is 275 g/mol. The van der Waals surface area contributed by atoms with Crippen LogP contribution >= 0.6 is 11.6 Å². The molecule has 0 radical (unpaired) electrons. The highest BCUT2D eigenvalue weighted by molar-refractivity contribution is 7.58. The van der Waals surface area contributed by atoms with Gasteiger partial charge in [-0.05, 0) is 50.7 Å². The maximum absolute atomic E-state index is 11.8. The van der Waals surface area contributed by atoms with Crippen LogP contribution in [0.2, 0.25) is 5.02 Å². The molecule has 0 saturated heterocycles. The first-order chi connectivity index (χ1) is 7.95. The number of ether oxygens (including phenoxy) is 1. The van der Waals surface area contributed by atoms with Crippen LogP contribution in [-0.4, -0.2) is 23.8 Å². The summed E-state index contributed by atoms with van der Waals surface area (Å²) in [6, 6.07) is 6.93. The normalized spacial score (nSPS) is 11.1. The zero-order valence-electron chi connectivity index (χ0n) is 9.92. The van der Waals surface area contributed by atoms with Gasteiger partial charge in [0, 0.05) is 5.02 Å². The molecule has 0 aliphatic rings. The van der Waals surface area contributed by atoms with Crippen molar-refractivity contribution >= 4 is 30.1 Å². The monoisotopic (exact) mass is 274 g/mol. The number of hydrogen-bond donors (Lipinski definition) is 1. The second-order valence-corrected chi connectivity index (χ2v) is 5.01. The van der Waals surface area contributed by atoms with E-state index >= 15 is 0 Å². The number of hydrogen-bond acceptors (Lipinski definition) is 2. The summed E-state index contributed by atoms with van der Waals surface area (Å²) in [6.45, 7) is 4.03. The number of nitrogens with one attached hydrogen (secondary N) is 1. The largest absolute Gasteiger partial charge is 0.478 e. The predicted octanol–water partition coefficient (Wildman–Crippen LogP) is 1.63. The van der Waals surface area contributed by atoms with Crippen LogP contribution < -0.4 is 10.1 Å². The molecular formula is C12H17ClNO2S+. The van der Waals surface area contributed by atoms with Gasteiger partial charge in [-0.1, -0.05) is 11.6 Å². The number of rotatable bonds is 5. The van der Waals surface area contributed by atoms with E-state index in [9.17, 15) is 4.79 Å². The minimum absolute atomic E-state index is 0.147. The third-order valence-corrected chi connectivity index (χ3v) is 2.65. The average Bonchev–Trinajstić information content (AvgIpc) is 2.28. The fourth-order valence-corrected chi connectivity index (χ4v) is 1.48. The Morgan fingerprint density at radius 2 is 2.00 bits per heavy atom. The molecular weight excluding hydrogens is 258 g/mol. The standard InChI is InChI=1S/C12H16ClNO2S/c1-12(2,11(15)14-7-8-17)16-10-5-3-9(13)4-6-10/h3-6,17H,7-8H2,1-2H3,(H,14,15)/p+1. The van der Waals surface area contributed by atoms with E-state index in [4.69, 9.17) is 16.3 Å². The first-order valence-corrected chi connectivity index (χ1v) is 6.41. The Balaban J connectivity index is 2.65. The number of halogens is 1. The summed E-state index contributed by atoms with van der Waals surface area (Å²) < 4.78 is 5.63. The molecule has 0 aromatic heterocycles. The minimum Gasteiger partial charge on any atom is -0.478 e. The van der Waals surface area contributed by atoms with E-state index in [2.05, 4.69) is 17.9 Å². The Morgan fingerprint density at radius 3 is 2.53 bits per heavy atom. The van der Waals surface area contributed by atoms with Gasteiger partial charge in [-0.3, -0.25) is 4.79 Å². The molecule has 1 amide bonds. The van der Waals surface area contributed by atoms with Gasteiger partial charge in [-0.2, -0.15) is 0 Å². The van der Waals surface area contributed by atoms with Crippen molar-refractivity contribution < 1.29 is 9.53 Å². The van der Waals surface area contributed by atoms with Gasteiger partial charge in [0.25, 0.3) is 5.91 Å². The lowest BCUT2D eigenvalue weighted by molar-refractivity contribution is -0.134. The van der Waals surface area contributed by atoms with E-state index in [1.54, 1.807) is 38.1 Å². The van der Waals surface area contributed by atoms with E-state index < -0.39 is 5.60 Å². The van der Waals surface area contributed by atoms with Gasteiger partial charge < -0.3 is 10.1 Å². The second-order valence-electron chi connectivity index (χ2n) is 4.07. The summed E-state index contributed by atoms with van der Waals surface area (Å²) >= 11 is 9.07. The van der Waals surface area contributed by atoms with Crippen molar-refractivity contribution in [2.24, 2.45) is 0 Å². The first kappa shape index (κ1) is 14.2. The molecule has 3 nitrogen and oxygen atoms in total. The van der Waals surface area contributed by atoms with E-state index in [0.29, 0.717) is 23.1 Å². The highest BCUT2D eigenvalue weighted by Crippen LogP contribution is 2.20. The smallest absolute Gasteiger partial charge is 0.263 e. The van der Waals surface area contributed by atoms with Crippen LogP contribution in [0.5, 0.6) is 5.75 Å². The molecule has 0 unspecified atom stereocenters. The van der Waals surface area contributed by atoms with Gasteiger partial charge >= 0.3 is 0 Å². The van der Waals surface area contributed by atoms with Gasteiger partial charge in [0.15, 0.2) is 5.60 Å². The molecule has 0 heterocycles. The lowest BCUT2D eigenvalue weighted by Gasteiger charge is -2.25. The molecule has 1 N–H and O–H groups in total. The van der Waals surface area contributed by atoms with Crippen LogP contribution in [0.15, 0.2) is 24.3 Å². The van der Waals surface area contributed by atoms with Crippen LogP contribution in [0.3, 0.4) is 0 Å². The fraction of sp³-hybridized carbons (Fsp3) is 0.417. The highest BCUT2D eigenvalue weighted by Gasteiger charge is 2.29. The van der Waals surface area contributed by atoms with Gasteiger partial charge in [0.05, 0.1) is 6.54 Å². The van der Waals surface area contributed by atoms with Crippen LogP contribution in [0.25, 0.3) is 0 Å². The quantitative estimate of drug-likeness (QED) is 0.829. The number of amides is 1. The van der Waals surface area contributed by atoms with Crippen LogP contribution in [0, 0.1) is 0 Å². The zero-order chi connectivity index (χ0) is 12.9. The zero-order valence-corrected chi connectivity index (χ0v) is 11.7. The molecule has 17 heavy (non-hydrogen) atoms. The molecule has 0 aliphatic carbocycles. The van der Waals surface area contributed by atoms with Crippen molar-refractivity contribution in [2.45, 2.75) is 19.4 Å². The van der Waals surface area contributed by atoms with Crippen molar-refractivity contribution in [1.29, 1.82) is 0 Å². The molecule has 1 aromatic carbocycles. The highest BCUT2D eigenvalue weighted by atomic mass is 35.5. The van der Waals surface area contributed by atoms with Gasteiger partial charge in [0.2, 0.25) is 0 Å². The van der Waals surface area contributed by atoms with Gasteiger partial charge in [-0.15, -0.1) is 0 Å². The van der Waals surface area contributed by atoms with Crippen molar-refractivity contribution in [3.8, 4) is 5.75 Å². The third kappa shape index (κ3) is 4.48. The molecule has 0 saturated carbocycles. The molecule has 1 aromatic rings. The molecule has 0 fully saturated rings. The molecule has 0 spiro atoms. The van der Waals surface area contributed by atoms with Gasteiger partial charge in [-0.25, -0.2) is 0 Å². The summed E-state index contributed by atoms with van der Waals surface area (Å²) in [4.78, 5) is 11.8. The maximum Gasteiger partial charge on any atom is 0.263 e. The number of carbonyl (C=O) groups excluding carboxylic acids is 1. The van der Waals surface area contributed by atoms with Crippen molar-refractivity contribution in [2.75, 3.05) is 12.3 Å². The fourth-order valence-electron chi connectivity index (χ4n) is 1.23. The first-order valence-electron chi connectivity index (χ1n) is 5.33. The summed E-state index contributed by atoms with van der Waals surface area (Å²) in [5, 5.41) is 3.40. The van der Waals surface area contributed by atoms with Crippen LogP contribution in [0.1, 0.15) is 13.8 Å². The Morgan fingerprint density at radius 1 is 1.41 bits per heavy atom. The molecule has 5 heteroatoms. The van der Waals surface area contributed by atoms with Crippen LogP contribution in [0.4, 0.5) is 0 Å². The lowest BCUT2D eigenvalue weighted by atomic mass is 10.1. The van der Waals surface area contributed by atoms with Crippen molar-refractivity contribution in [1.82, 2.24) is 5.32 Å². The Hall–Kier alpha value is -0.870. The lowest BCUT2D eigenvalue weighted by Crippen LogP contribution is -2.47. The van der Waals surface area contributed by atoms with Gasteiger partial charge in [0.1, 0.15) is 11.5 Å². The van der Waals surface area contributed by atoms with Crippen LogP contribution in [-0.2, 0) is 17.4 Å². The molecule has 94 valence electrons. The summed E-state index contributed by atoms with van der Waals surface area (Å²) in [7, 11) is 0. The SMILES string of the molecule is CC(C)(Oc1ccc(Cl)cc1)C(=O)NCC[SH2+]. The Bertz CT molecular complexity index is 379. The second kappa shape index (κ2) is 6.17. The Kier molecular flexibility index (Phi) is 5.15. The molecule has 1 rings (SSSR count). The Labute approximate surface area is 112 Å². The topological polar surface area (TPSA) is 38.3 Å². The van der Waals surface area contributed by atoms with E-state index in [-0.39, 0.29) is 5.91 Å². The van der Waals surface area contributed by atoms with E-state index in [0.717, 1.165) is 0 Å². The third-order valence-electron chi connectivity index (χ3n) is 2.14. The van der Waals surface area contributed by atoms with E-state index in [1.807, 2.05) is 0 Å². The minimum atomic E-state index is -0.908. The van der Waals surface area contributed by atoms with Crippen molar-refractivity contribution in [3.05, 3.63) is 29.3 Å². The predicted molar refractivity (Wildman–Crippen MR) is 74.2 cm³/mol. The summed E-state index contributed by atoms with van der Waals surface area (Å²) in [5.74, 6) is 1.18. The number of carbonyl (C=O) groups is 1. The summed E-state index contributed by atoms with van der Waals surface area (Å²) in [5.41, 5.74) is -0.908. The van der Waals surface area contributed by atoms with Crippen molar-refractivity contribution in [3.63, 3.8) is 0 Å². The molecule has 0 bridgehead atoms. The number of benzene rings is 1. The van der Waals surface area contributed by atoms with E-state index in [1.165, 1.54) is 0 Å². The molecule has 0 aliphatic heterocycles.